The molecule has 1 rings (SSSR count). The van der Waals surface area contributed by atoms with E-state index in [0.717, 1.165) is 0 Å². The highest BCUT2D eigenvalue weighted by Crippen LogP contribution is 2.23. The van der Waals surface area contributed by atoms with Gasteiger partial charge in [-0.1, -0.05) is 30.3 Å². The summed E-state index contributed by atoms with van der Waals surface area (Å²) in [6, 6.07) is 8.56. The fourth-order valence-electron chi connectivity index (χ4n) is 1.30. The van der Waals surface area contributed by atoms with Gasteiger partial charge < -0.3 is 4.74 Å². The second kappa shape index (κ2) is 5.86. The van der Waals surface area contributed by atoms with Crippen LogP contribution in [0.1, 0.15) is 5.56 Å². The molecule has 0 heterocycles. The van der Waals surface area contributed by atoms with Gasteiger partial charge in [0.05, 0.1) is 6.61 Å². The van der Waals surface area contributed by atoms with Crippen LogP contribution in [0, 0.1) is 0 Å². The van der Waals surface area contributed by atoms with Crippen LogP contribution in [0.2, 0.25) is 0 Å². The Morgan fingerprint density at radius 2 is 1.81 bits per heavy atom. The second-order valence-corrected chi connectivity index (χ2v) is 3.37. The number of rotatable bonds is 5. The fourth-order valence-corrected chi connectivity index (χ4v) is 1.30. The van der Waals surface area contributed by atoms with E-state index in [1.807, 2.05) is 0 Å². The van der Waals surface area contributed by atoms with E-state index in [4.69, 9.17) is 0 Å². The highest BCUT2D eigenvalue weighted by Gasteiger charge is 2.36. The first-order chi connectivity index (χ1) is 7.54. The van der Waals surface area contributed by atoms with Gasteiger partial charge in [0.1, 0.15) is 0 Å². The van der Waals surface area contributed by atoms with Crippen molar-refractivity contribution in [2.45, 2.75) is 12.8 Å². The molecular formula is C11H14F3NO. The van der Waals surface area contributed by atoms with Crippen molar-refractivity contribution in [3.63, 3.8) is 0 Å². The van der Waals surface area contributed by atoms with Gasteiger partial charge in [0.15, 0.2) is 0 Å². The molecule has 1 aromatic rings. The minimum atomic E-state index is -4.33. The van der Waals surface area contributed by atoms with Crippen LogP contribution in [0.15, 0.2) is 30.3 Å². The van der Waals surface area contributed by atoms with Crippen LogP contribution >= 0.6 is 0 Å². The summed E-state index contributed by atoms with van der Waals surface area (Å²) in [6.07, 6.45) is -4.33. The molecule has 0 aliphatic carbocycles. The van der Waals surface area contributed by atoms with Crippen LogP contribution in [-0.4, -0.2) is 31.5 Å². The fraction of sp³-hybridized carbons (Fsp3) is 0.455. The van der Waals surface area contributed by atoms with Gasteiger partial charge in [0, 0.05) is 20.2 Å². The first kappa shape index (κ1) is 13.0. The molecule has 90 valence electrons. The van der Waals surface area contributed by atoms with Crippen LogP contribution in [0.3, 0.4) is 0 Å². The van der Waals surface area contributed by atoms with Gasteiger partial charge in [-0.3, -0.25) is 0 Å². The molecule has 16 heavy (non-hydrogen) atoms. The van der Waals surface area contributed by atoms with E-state index in [1.54, 1.807) is 30.3 Å². The summed E-state index contributed by atoms with van der Waals surface area (Å²) in [4.78, 5) is 0.436. The van der Waals surface area contributed by atoms with E-state index in [-0.39, 0.29) is 19.7 Å². The van der Waals surface area contributed by atoms with Crippen LogP contribution in [0.4, 0.5) is 13.2 Å². The smallest absolute Gasteiger partial charge is 0.383 e. The maximum Gasteiger partial charge on any atom is 0.460 e. The molecule has 0 aliphatic heterocycles. The number of benzene rings is 1. The monoisotopic (exact) mass is 233 g/mol. The van der Waals surface area contributed by atoms with Crippen LogP contribution in [0.25, 0.3) is 0 Å². The number of methoxy groups -OCH3 is 1. The lowest BCUT2D eigenvalue weighted by Gasteiger charge is -2.24. The lowest BCUT2D eigenvalue weighted by atomic mass is 10.2. The highest BCUT2D eigenvalue weighted by molar-refractivity contribution is 5.14. The molecule has 0 aliphatic rings. The third-order valence-corrected chi connectivity index (χ3v) is 2.14. The van der Waals surface area contributed by atoms with Crippen molar-refractivity contribution in [1.82, 2.24) is 4.90 Å². The van der Waals surface area contributed by atoms with Gasteiger partial charge in [-0.15, -0.1) is 0 Å². The third-order valence-electron chi connectivity index (χ3n) is 2.14. The SMILES string of the molecule is COCCN(Cc1ccccc1)C(F)(F)F. The van der Waals surface area contributed by atoms with Crippen LogP contribution in [-0.2, 0) is 11.3 Å². The molecule has 0 unspecified atom stereocenters. The molecule has 0 saturated heterocycles. The van der Waals surface area contributed by atoms with Gasteiger partial charge in [-0.05, 0) is 5.56 Å². The second-order valence-electron chi connectivity index (χ2n) is 3.37. The van der Waals surface area contributed by atoms with E-state index in [1.165, 1.54) is 7.11 Å². The van der Waals surface area contributed by atoms with Crippen molar-refractivity contribution < 1.29 is 17.9 Å². The molecule has 5 heteroatoms. The van der Waals surface area contributed by atoms with Gasteiger partial charge in [-0.25, -0.2) is 4.90 Å². The van der Waals surface area contributed by atoms with Crippen molar-refractivity contribution in [3.05, 3.63) is 35.9 Å². The number of nitrogens with zero attached hydrogens (tertiary/aromatic N) is 1. The number of alkyl halides is 3. The van der Waals surface area contributed by atoms with E-state index < -0.39 is 6.30 Å². The Labute approximate surface area is 92.6 Å². The lowest BCUT2D eigenvalue weighted by Crippen LogP contribution is -2.39. The standard InChI is InChI=1S/C11H14F3NO/c1-16-8-7-15(11(12,13)14)9-10-5-3-2-4-6-10/h2-6H,7-9H2,1H3. The normalized spacial score (nSPS) is 12.1. The summed E-state index contributed by atoms with van der Waals surface area (Å²) in [6.45, 7) is -0.241. The number of ether oxygens (including phenoxy) is 1. The molecule has 0 atom stereocenters. The molecule has 0 N–H and O–H groups in total. The minimum absolute atomic E-state index is 0.0618. The molecule has 0 aromatic heterocycles. The zero-order valence-corrected chi connectivity index (χ0v) is 9.00. The third kappa shape index (κ3) is 4.20. The molecule has 1 aromatic carbocycles. The van der Waals surface area contributed by atoms with Crippen molar-refractivity contribution in [1.29, 1.82) is 0 Å². The first-order valence-corrected chi connectivity index (χ1v) is 4.88. The summed E-state index contributed by atoms with van der Waals surface area (Å²) in [5, 5.41) is 0. The molecule has 0 radical (unpaired) electrons. The maximum absolute atomic E-state index is 12.6. The summed E-state index contributed by atoms with van der Waals surface area (Å²) in [5.41, 5.74) is 0.635. The van der Waals surface area contributed by atoms with E-state index in [9.17, 15) is 13.2 Å². The average molecular weight is 233 g/mol. The summed E-state index contributed by atoms with van der Waals surface area (Å²) >= 11 is 0. The van der Waals surface area contributed by atoms with Gasteiger partial charge in [-0.2, -0.15) is 13.2 Å². The highest BCUT2D eigenvalue weighted by atomic mass is 19.4. The first-order valence-electron chi connectivity index (χ1n) is 4.88. The predicted octanol–water partition coefficient (Wildman–Crippen LogP) is 2.65. The van der Waals surface area contributed by atoms with Gasteiger partial charge in [0.25, 0.3) is 0 Å². The van der Waals surface area contributed by atoms with Gasteiger partial charge in [0.2, 0.25) is 0 Å². The van der Waals surface area contributed by atoms with Crippen LogP contribution < -0.4 is 0 Å². The van der Waals surface area contributed by atoms with E-state index in [0.29, 0.717) is 10.5 Å². The molecule has 0 saturated carbocycles. The van der Waals surface area contributed by atoms with Gasteiger partial charge >= 0.3 is 6.30 Å². The Morgan fingerprint density at radius 3 is 2.31 bits per heavy atom. The largest absolute Gasteiger partial charge is 0.460 e. The van der Waals surface area contributed by atoms with Crippen LogP contribution in [0.5, 0.6) is 0 Å². The van der Waals surface area contributed by atoms with E-state index >= 15 is 0 Å². The number of halogens is 3. The van der Waals surface area contributed by atoms with Crippen molar-refractivity contribution in [2.24, 2.45) is 0 Å². The average Bonchev–Trinajstić information content (AvgIpc) is 2.24. The summed E-state index contributed by atoms with van der Waals surface area (Å²) in [7, 11) is 1.39. The minimum Gasteiger partial charge on any atom is -0.383 e. The van der Waals surface area contributed by atoms with E-state index in [2.05, 4.69) is 4.74 Å². The van der Waals surface area contributed by atoms with Crippen molar-refractivity contribution in [3.8, 4) is 0 Å². The Morgan fingerprint density at radius 1 is 1.19 bits per heavy atom. The van der Waals surface area contributed by atoms with Crippen molar-refractivity contribution >= 4 is 0 Å². The quantitative estimate of drug-likeness (QED) is 0.725. The lowest BCUT2D eigenvalue weighted by molar-refractivity contribution is -0.251. The molecule has 0 bridgehead atoms. The number of hydrogen-bond acceptors (Lipinski definition) is 2. The summed E-state index contributed by atoms with van der Waals surface area (Å²) < 4.78 is 42.5. The predicted molar refractivity (Wildman–Crippen MR) is 54.8 cm³/mol. The molecule has 2 nitrogen and oxygen atoms in total. The maximum atomic E-state index is 12.6. The Hall–Kier alpha value is -1.07. The topological polar surface area (TPSA) is 12.5 Å². The molecule has 0 spiro atoms. The number of hydrogen-bond donors (Lipinski definition) is 0. The molecule has 0 fully saturated rings. The summed E-state index contributed by atoms with van der Waals surface area (Å²) in [5.74, 6) is 0. The molecule has 0 amide bonds. The van der Waals surface area contributed by atoms with Crippen molar-refractivity contribution in [2.75, 3.05) is 20.3 Å². The zero-order valence-electron chi connectivity index (χ0n) is 9.00. The Kier molecular flexibility index (Phi) is 4.76. The zero-order chi connectivity index (χ0) is 12.0. The molecular weight excluding hydrogens is 219 g/mol. The Balaban J connectivity index is 2.64. The Bertz CT molecular complexity index is 300.